The van der Waals surface area contributed by atoms with Gasteiger partial charge in [-0.15, -0.1) is 0 Å². The zero-order valence-electron chi connectivity index (χ0n) is 27.2. The van der Waals surface area contributed by atoms with Gasteiger partial charge in [0.25, 0.3) is 0 Å². The number of ether oxygens (including phenoxy) is 3. The van der Waals surface area contributed by atoms with Crippen LogP contribution < -0.4 is 5.32 Å². The van der Waals surface area contributed by atoms with Gasteiger partial charge in [-0.3, -0.25) is 5.32 Å². The zero-order valence-corrected chi connectivity index (χ0v) is 27.2. The second-order valence-electron chi connectivity index (χ2n) is 12.3. The highest BCUT2D eigenvalue weighted by molar-refractivity contribution is 5.90. The third-order valence-electron chi connectivity index (χ3n) is 9.34. The number of likely N-dealkylation sites (N-methyl/N-ethyl adjacent to an activating group) is 1. The van der Waals surface area contributed by atoms with Gasteiger partial charge in [-0.25, -0.2) is 14.4 Å². The predicted octanol–water partition coefficient (Wildman–Crippen LogP) is 2.09. The molecule has 1 saturated heterocycles. The average molecular weight is 708 g/mol. The normalized spacial score (nSPS) is 27.7. The third kappa shape index (κ3) is 7.05. The van der Waals surface area contributed by atoms with Crippen molar-refractivity contribution in [2.45, 2.75) is 48.4 Å². The minimum absolute atomic E-state index is 0.120. The van der Waals surface area contributed by atoms with Crippen LogP contribution in [0.3, 0.4) is 0 Å². The van der Waals surface area contributed by atoms with Crippen LogP contribution in [0, 0.1) is 5.92 Å². The Bertz CT molecular complexity index is 1860. The standard InChI is InChI=1S/C36H37NO14/c1-37-35(48)13-14-49-29-19-34(47,33(45)46)23(15-20-5-3-2-4-6-20)32(50-31(44)18-26(40)22-9-11-25(39)28(42)17-22)36(29,35)51-30(43)12-8-21-7-10-24(38)27(41)16-21/h2-12,16-18,23,29,32,37-42,47-48H,13-15,19H2,1H3,(H,45,46)/b12-8+,26-18-/t23-,29-,32-,34-,35-,36+/m1/s1. The predicted molar refractivity (Wildman–Crippen MR) is 177 cm³/mol. The van der Waals surface area contributed by atoms with E-state index in [1.165, 1.54) is 31.3 Å². The largest absolute Gasteiger partial charge is 0.507 e. The van der Waals surface area contributed by atoms with E-state index in [9.17, 15) is 55.2 Å². The molecule has 15 nitrogen and oxygen atoms in total. The number of carbonyl (C=O) groups excluding carboxylic acids is 2. The lowest BCUT2D eigenvalue weighted by atomic mass is 9.58. The van der Waals surface area contributed by atoms with Gasteiger partial charge in [-0.05, 0) is 61.0 Å². The van der Waals surface area contributed by atoms with Crippen LogP contribution in [0.1, 0.15) is 29.5 Å². The molecule has 1 saturated carbocycles. The molecule has 0 aromatic heterocycles. The molecule has 1 aliphatic carbocycles. The van der Waals surface area contributed by atoms with Crippen LogP contribution in [0.15, 0.2) is 78.9 Å². The van der Waals surface area contributed by atoms with E-state index >= 15 is 0 Å². The monoisotopic (exact) mass is 707 g/mol. The highest BCUT2D eigenvalue weighted by Crippen LogP contribution is 2.53. The average Bonchev–Trinajstić information content (AvgIpc) is 3.09. The lowest BCUT2D eigenvalue weighted by molar-refractivity contribution is -0.339. The van der Waals surface area contributed by atoms with E-state index in [0.29, 0.717) is 11.6 Å². The number of carboxylic acid groups (broad SMARTS) is 1. The summed E-state index contributed by atoms with van der Waals surface area (Å²) in [5.41, 5.74) is -6.79. The quantitative estimate of drug-likeness (QED) is 0.0481. The van der Waals surface area contributed by atoms with Gasteiger partial charge in [0.2, 0.25) is 5.60 Å². The van der Waals surface area contributed by atoms with E-state index in [0.717, 1.165) is 24.3 Å². The van der Waals surface area contributed by atoms with Crippen molar-refractivity contribution in [3.8, 4) is 23.0 Å². The smallest absolute Gasteiger partial charge is 0.336 e. The third-order valence-corrected chi connectivity index (χ3v) is 9.34. The van der Waals surface area contributed by atoms with Crippen LogP contribution in [0.5, 0.6) is 23.0 Å². The van der Waals surface area contributed by atoms with Crippen LogP contribution in [0.25, 0.3) is 11.8 Å². The summed E-state index contributed by atoms with van der Waals surface area (Å²) < 4.78 is 17.8. The summed E-state index contributed by atoms with van der Waals surface area (Å²) in [6.07, 6.45) is -2.13. The van der Waals surface area contributed by atoms with Crippen LogP contribution in [-0.4, -0.2) is 102 Å². The van der Waals surface area contributed by atoms with Gasteiger partial charge in [0.05, 0.1) is 12.7 Å². The number of rotatable bonds is 10. The Labute approximate surface area is 290 Å². The van der Waals surface area contributed by atoms with Gasteiger partial charge >= 0.3 is 17.9 Å². The number of benzene rings is 3. The highest BCUT2D eigenvalue weighted by Gasteiger charge is 2.75. The maximum atomic E-state index is 13.7. The minimum atomic E-state index is -2.69. The molecular formula is C36H37NO14. The molecule has 1 heterocycles. The number of esters is 2. The Hall–Kier alpha value is -5.61. The fourth-order valence-corrected chi connectivity index (χ4v) is 6.68. The van der Waals surface area contributed by atoms with Crippen molar-refractivity contribution < 1.29 is 69.4 Å². The van der Waals surface area contributed by atoms with E-state index in [-0.39, 0.29) is 30.6 Å². The number of aliphatic carboxylic acids is 1. The molecular weight excluding hydrogens is 670 g/mol. The summed E-state index contributed by atoms with van der Waals surface area (Å²) in [4.78, 5) is 40.2. The maximum absolute atomic E-state index is 13.7. The highest BCUT2D eigenvalue weighted by atomic mass is 16.6. The molecule has 6 atom stereocenters. The Kier molecular flexibility index (Phi) is 10.3. The zero-order chi connectivity index (χ0) is 37.1. The molecule has 5 rings (SSSR count). The summed E-state index contributed by atoms with van der Waals surface area (Å²) in [6.45, 7) is -0.200. The van der Waals surface area contributed by atoms with Crippen molar-refractivity contribution >= 4 is 29.7 Å². The Balaban J connectivity index is 1.66. The summed E-state index contributed by atoms with van der Waals surface area (Å²) in [6, 6.07) is 15.2. The van der Waals surface area contributed by atoms with Crippen molar-refractivity contribution in [3.05, 3.63) is 95.6 Å². The number of phenols is 4. The fourth-order valence-electron chi connectivity index (χ4n) is 6.68. The molecule has 15 heteroatoms. The van der Waals surface area contributed by atoms with Gasteiger partial charge in [-0.2, -0.15) is 0 Å². The molecule has 0 radical (unpaired) electrons. The Morgan fingerprint density at radius 3 is 2.20 bits per heavy atom. The summed E-state index contributed by atoms with van der Waals surface area (Å²) >= 11 is 0. The van der Waals surface area contributed by atoms with Crippen LogP contribution in [0.4, 0.5) is 0 Å². The molecule has 1 aliphatic heterocycles. The lowest BCUT2D eigenvalue weighted by Gasteiger charge is -2.61. The number of aromatic hydroxyl groups is 4. The number of hydrogen-bond donors (Lipinski definition) is 9. The second kappa shape index (κ2) is 14.3. The van der Waals surface area contributed by atoms with Crippen molar-refractivity contribution in [2.75, 3.05) is 13.7 Å². The first-order chi connectivity index (χ1) is 24.1. The molecule has 270 valence electrons. The van der Waals surface area contributed by atoms with Crippen molar-refractivity contribution in [2.24, 2.45) is 5.92 Å². The Morgan fingerprint density at radius 1 is 0.902 bits per heavy atom. The van der Waals surface area contributed by atoms with E-state index in [1.807, 2.05) is 0 Å². The molecule has 3 aromatic carbocycles. The molecule has 0 amide bonds. The minimum Gasteiger partial charge on any atom is -0.507 e. The van der Waals surface area contributed by atoms with Crippen LogP contribution >= 0.6 is 0 Å². The van der Waals surface area contributed by atoms with Crippen molar-refractivity contribution in [3.63, 3.8) is 0 Å². The first-order valence-electron chi connectivity index (χ1n) is 15.7. The molecule has 9 N–H and O–H groups in total. The van der Waals surface area contributed by atoms with Gasteiger partial charge in [0.15, 0.2) is 40.4 Å². The van der Waals surface area contributed by atoms with E-state index < -0.39 is 88.1 Å². The number of nitrogens with one attached hydrogen (secondary N) is 1. The van der Waals surface area contributed by atoms with Gasteiger partial charge in [0.1, 0.15) is 11.9 Å². The molecule has 2 aliphatic rings. The fraction of sp³-hybridized carbons (Fsp3) is 0.306. The Morgan fingerprint density at radius 2 is 1.57 bits per heavy atom. The number of aliphatic hydroxyl groups is 3. The van der Waals surface area contributed by atoms with E-state index in [2.05, 4.69) is 5.32 Å². The number of aliphatic hydroxyl groups excluding tert-OH is 1. The molecule has 51 heavy (non-hydrogen) atoms. The number of phenolic OH excluding ortho intramolecular Hbond substituents is 4. The summed E-state index contributed by atoms with van der Waals surface area (Å²) in [7, 11) is 1.33. The van der Waals surface area contributed by atoms with Crippen molar-refractivity contribution in [1.29, 1.82) is 0 Å². The topological polar surface area (TPSA) is 253 Å². The number of carboxylic acids is 1. The maximum Gasteiger partial charge on any atom is 0.336 e. The molecule has 2 fully saturated rings. The van der Waals surface area contributed by atoms with Crippen LogP contribution in [-0.2, 0) is 35.0 Å². The molecule has 3 aromatic rings. The van der Waals surface area contributed by atoms with Gasteiger partial charge < -0.3 is 55.1 Å². The van der Waals surface area contributed by atoms with Gasteiger partial charge in [0, 0.05) is 30.4 Å². The first-order valence-corrected chi connectivity index (χ1v) is 15.7. The number of fused-ring (bicyclic) bond motifs is 1. The van der Waals surface area contributed by atoms with Gasteiger partial charge in [-0.1, -0.05) is 36.4 Å². The SMILES string of the molecule is CN[C@@]1(O)CCO[C@@H]2C[C@](O)(C(=O)O)[C@H](Cc3ccccc3)[C@@H](OC(=O)/C=C(\O)c3ccc(O)c(O)c3)[C@@]21OC(=O)/C=C/c1ccc(O)c(O)c1. The lowest BCUT2D eigenvalue weighted by Crippen LogP contribution is -2.83. The van der Waals surface area contributed by atoms with E-state index in [4.69, 9.17) is 14.2 Å². The van der Waals surface area contributed by atoms with E-state index in [1.54, 1.807) is 30.3 Å². The van der Waals surface area contributed by atoms with Crippen LogP contribution in [0.2, 0.25) is 0 Å². The summed E-state index contributed by atoms with van der Waals surface area (Å²) in [5.74, 6) is -8.52. The molecule has 0 unspecified atom stereocenters. The van der Waals surface area contributed by atoms with Crippen molar-refractivity contribution in [1.82, 2.24) is 5.32 Å². The first kappa shape index (κ1) is 36.7. The second-order valence-corrected chi connectivity index (χ2v) is 12.3. The number of carbonyl (C=O) groups is 3. The molecule has 0 bridgehead atoms. The number of hydrogen-bond acceptors (Lipinski definition) is 14. The summed E-state index contributed by atoms with van der Waals surface area (Å²) in [5, 5.41) is 87.1. The molecule has 0 spiro atoms.